The van der Waals surface area contributed by atoms with Crippen LogP contribution in [-0.2, 0) is 11.8 Å². The molecule has 0 amide bonds. The molecule has 0 saturated carbocycles. The number of hydrogen-bond donors (Lipinski definition) is 1. The molecular weight excluding hydrogens is 204 g/mol. The first-order chi connectivity index (χ1) is 6.49. The Hall–Kier alpha value is -1.03. The van der Waals surface area contributed by atoms with Crippen LogP contribution in [0, 0.1) is 6.92 Å². The Morgan fingerprint density at radius 3 is 2.57 bits per heavy atom. The van der Waals surface area contributed by atoms with Crippen molar-refractivity contribution in [2.45, 2.75) is 26.2 Å². The predicted octanol–water partition coefficient (Wildman–Crippen LogP) is 1.96. The number of halogens is 1. The first-order valence-electron chi connectivity index (χ1n) is 4.40. The van der Waals surface area contributed by atoms with Gasteiger partial charge in [-0.05, 0) is 13.3 Å². The lowest BCUT2D eigenvalue weighted by Crippen LogP contribution is -2.14. The highest BCUT2D eigenvalue weighted by atomic mass is 35.5. The number of aromatic nitrogens is 2. The van der Waals surface area contributed by atoms with Crippen LogP contribution in [0.3, 0.4) is 0 Å². The SMILES string of the molecule is CCC(C(=O)O)c1c(Cl)c(C)nn1C. The molecule has 14 heavy (non-hydrogen) atoms. The number of hydrogen-bond acceptors (Lipinski definition) is 2. The predicted molar refractivity (Wildman–Crippen MR) is 53.6 cm³/mol. The maximum absolute atomic E-state index is 10.9. The lowest BCUT2D eigenvalue weighted by Gasteiger charge is -2.10. The van der Waals surface area contributed by atoms with Crippen molar-refractivity contribution in [3.8, 4) is 0 Å². The van der Waals surface area contributed by atoms with E-state index < -0.39 is 11.9 Å². The van der Waals surface area contributed by atoms with Crippen LogP contribution in [0.5, 0.6) is 0 Å². The molecule has 1 N–H and O–H groups in total. The average Bonchev–Trinajstić information content (AvgIpc) is 2.32. The van der Waals surface area contributed by atoms with E-state index in [9.17, 15) is 4.79 Å². The summed E-state index contributed by atoms with van der Waals surface area (Å²) in [5, 5.41) is 13.5. The molecule has 0 saturated heterocycles. The van der Waals surface area contributed by atoms with Gasteiger partial charge in [-0.3, -0.25) is 9.48 Å². The Morgan fingerprint density at radius 2 is 2.29 bits per heavy atom. The summed E-state index contributed by atoms with van der Waals surface area (Å²) < 4.78 is 1.54. The molecule has 4 nitrogen and oxygen atoms in total. The van der Waals surface area contributed by atoms with Crippen LogP contribution in [0.2, 0.25) is 5.02 Å². The monoisotopic (exact) mass is 216 g/mol. The van der Waals surface area contributed by atoms with Gasteiger partial charge in [0.1, 0.15) is 0 Å². The van der Waals surface area contributed by atoms with Gasteiger partial charge in [0.15, 0.2) is 0 Å². The lowest BCUT2D eigenvalue weighted by atomic mass is 10.0. The molecule has 0 fully saturated rings. The van der Waals surface area contributed by atoms with Gasteiger partial charge >= 0.3 is 5.97 Å². The van der Waals surface area contributed by atoms with Crippen molar-refractivity contribution in [2.75, 3.05) is 0 Å². The van der Waals surface area contributed by atoms with Gasteiger partial charge in [-0.15, -0.1) is 0 Å². The number of carboxylic acids is 1. The maximum atomic E-state index is 10.9. The molecule has 0 aromatic carbocycles. The van der Waals surface area contributed by atoms with Crippen LogP contribution < -0.4 is 0 Å². The summed E-state index contributed by atoms with van der Waals surface area (Å²) in [6.45, 7) is 3.58. The van der Waals surface area contributed by atoms with E-state index in [1.165, 1.54) is 0 Å². The van der Waals surface area contributed by atoms with Crippen molar-refractivity contribution in [2.24, 2.45) is 7.05 Å². The summed E-state index contributed by atoms with van der Waals surface area (Å²) in [5.41, 5.74) is 1.25. The van der Waals surface area contributed by atoms with Crippen LogP contribution in [-0.4, -0.2) is 20.9 Å². The summed E-state index contributed by atoms with van der Waals surface area (Å²) in [5.74, 6) is -1.44. The van der Waals surface area contributed by atoms with E-state index in [1.807, 2.05) is 6.92 Å². The van der Waals surface area contributed by atoms with Crippen molar-refractivity contribution in [1.29, 1.82) is 0 Å². The van der Waals surface area contributed by atoms with Crippen LogP contribution in [0.15, 0.2) is 0 Å². The molecule has 0 bridgehead atoms. The number of carbonyl (C=O) groups is 1. The van der Waals surface area contributed by atoms with E-state index in [1.54, 1.807) is 18.7 Å². The largest absolute Gasteiger partial charge is 0.481 e. The molecule has 1 atom stereocenters. The quantitative estimate of drug-likeness (QED) is 0.841. The molecule has 78 valence electrons. The third-order valence-electron chi connectivity index (χ3n) is 2.23. The smallest absolute Gasteiger partial charge is 0.312 e. The molecule has 1 rings (SSSR count). The first kappa shape index (κ1) is 11.0. The minimum Gasteiger partial charge on any atom is -0.481 e. The molecule has 1 aromatic heterocycles. The fourth-order valence-electron chi connectivity index (χ4n) is 1.51. The molecule has 1 heterocycles. The van der Waals surface area contributed by atoms with Crippen LogP contribution >= 0.6 is 11.6 Å². The van der Waals surface area contributed by atoms with E-state index in [4.69, 9.17) is 16.7 Å². The zero-order chi connectivity index (χ0) is 10.9. The van der Waals surface area contributed by atoms with Crippen molar-refractivity contribution in [3.63, 3.8) is 0 Å². The lowest BCUT2D eigenvalue weighted by molar-refractivity contribution is -0.139. The van der Waals surface area contributed by atoms with E-state index >= 15 is 0 Å². The van der Waals surface area contributed by atoms with Crippen molar-refractivity contribution >= 4 is 17.6 Å². The normalized spacial score (nSPS) is 12.9. The highest BCUT2D eigenvalue weighted by Crippen LogP contribution is 2.29. The number of nitrogens with zero attached hydrogens (tertiary/aromatic N) is 2. The molecule has 1 unspecified atom stereocenters. The van der Waals surface area contributed by atoms with E-state index in [0.29, 0.717) is 22.8 Å². The molecule has 0 spiro atoms. The fraction of sp³-hybridized carbons (Fsp3) is 0.556. The zero-order valence-electron chi connectivity index (χ0n) is 8.41. The molecule has 1 aromatic rings. The van der Waals surface area contributed by atoms with E-state index in [2.05, 4.69) is 5.10 Å². The zero-order valence-corrected chi connectivity index (χ0v) is 9.17. The van der Waals surface area contributed by atoms with E-state index in [0.717, 1.165) is 0 Å². The van der Waals surface area contributed by atoms with Gasteiger partial charge in [0.25, 0.3) is 0 Å². The Bertz CT molecular complexity index is 360. The van der Waals surface area contributed by atoms with Crippen molar-refractivity contribution in [1.82, 2.24) is 9.78 Å². The molecule has 5 heteroatoms. The van der Waals surface area contributed by atoms with Crippen molar-refractivity contribution in [3.05, 3.63) is 16.4 Å². The van der Waals surface area contributed by atoms with E-state index in [-0.39, 0.29) is 0 Å². The summed E-state index contributed by atoms with van der Waals surface area (Å²) >= 11 is 5.98. The third kappa shape index (κ3) is 1.75. The summed E-state index contributed by atoms with van der Waals surface area (Å²) in [7, 11) is 1.71. The topological polar surface area (TPSA) is 55.1 Å². The minimum atomic E-state index is -0.864. The summed E-state index contributed by atoms with van der Waals surface area (Å²) in [6.07, 6.45) is 0.508. The van der Waals surface area contributed by atoms with Crippen LogP contribution in [0.1, 0.15) is 30.7 Å². The second-order valence-electron chi connectivity index (χ2n) is 3.21. The Balaban J connectivity index is 3.22. The Labute approximate surface area is 87.5 Å². The third-order valence-corrected chi connectivity index (χ3v) is 2.69. The molecule has 0 aliphatic carbocycles. The Morgan fingerprint density at radius 1 is 1.71 bits per heavy atom. The summed E-state index contributed by atoms with van der Waals surface area (Å²) in [4.78, 5) is 10.9. The minimum absolute atomic E-state index is 0.460. The van der Waals surface area contributed by atoms with Crippen molar-refractivity contribution < 1.29 is 9.90 Å². The van der Waals surface area contributed by atoms with Gasteiger partial charge < -0.3 is 5.11 Å². The molecule has 0 radical (unpaired) electrons. The summed E-state index contributed by atoms with van der Waals surface area (Å²) in [6, 6.07) is 0. The number of aliphatic carboxylic acids is 1. The maximum Gasteiger partial charge on any atom is 0.312 e. The standard InChI is InChI=1S/C9H13ClN2O2/c1-4-6(9(13)14)8-7(10)5(2)11-12(8)3/h6H,4H2,1-3H3,(H,13,14). The molecule has 0 aliphatic heterocycles. The highest BCUT2D eigenvalue weighted by Gasteiger charge is 2.25. The van der Waals surface area contributed by atoms with Gasteiger partial charge in [-0.25, -0.2) is 0 Å². The number of carboxylic acid groups (broad SMARTS) is 1. The molecule has 0 aliphatic rings. The second-order valence-corrected chi connectivity index (χ2v) is 3.59. The highest BCUT2D eigenvalue weighted by molar-refractivity contribution is 6.32. The van der Waals surface area contributed by atoms with Gasteiger partial charge in [0.05, 0.1) is 22.3 Å². The van der Waals surface area contributed by atoms with Gasteiger partial charge in [-0.2, -0.15) is 5.10 Å². The number of rotatable bonds is 3. The average molecular weight is 217 g/mol. The van der Waals surface area contributed by atoms with Gasteiger partial charge in [0.2, 0.25) is 0 Å². The van der Waals surface area contributed by atoms with Crippen LogP contribution in [0.25, 0.3) is 0 Å². The molecular formula is C9H13ClN2O2. The first-order valence-corrected chi connectivity index (χ1v) is 4.78. The van der Waals surface area contributed by atoms with Crippen LogP contribution in [0.4, 0.5) is 0 Å². The number of aryl methyl sites for hydroxylation is 2. The second kappa shape index (κ2) is 4.00. The van der Waals surface area contributed by atoms with Gasteiger partial charge in [0, 0.05) is 7.05 Å². The Kier molecular flexibility index (Phi) is 3.16. The van der Waals surface area contributed by atoms with Gasteiger partial charge in [-0.1, -0.05) is 18.5 Å². The fourth-order valence-corrected chi connectivity index (χ4v) is 1.81.